The Hall–Kier alpha value is -0.710. The summed E-state index contributed by atoms with van der Waals surface area (Å²) in [6.07, 6.45) is 4.12. The van der Waals surface area contributed by atoms with E-state index in [4.69, 9.17) is 0 Å². The van der Waals surface area contributed by atoms with Gasteiger partial charge in [0.25, 0.3) is 5.76 Å². The molecule has 0 bridgehead atoms. The summed E-state index contributed by atoms with van der Waals surface area (Å²) < 4.78 is 23.2. The third-order valence-electron chi connectivity index (χ3n) is 0.749. The quantitative estimate of drug-likeness (QED) is 0.620. The summed E-state index contributed by atoms with van der Waals surface area (Å²) in [5.41, 5.74) is 0. The maximum atomic E-state index is 11.6. The highest BCUT2D eigenvalue weighted by Gasteiger charge is 2.04. The Labute approximate surface area is 60.7 Å². The molecule has 0 aromatic carbocycles. The molecular formula is C5H4F2N2S. The van der Waals surface area contributed by atoms with Crippen molar-refractivity contribution in [1.82, 2.24) is 9.97 Å². The van der Waals surface area contributed by atoms with Crippen LogP contribution in [0.3, 0.4) is 0 Å². The second-order valence-corrected chi connectivity index (χ2v) is 2.43. The van der Waals surface area contributed by atoms with Crippen LogP contribution in [0.5, 0.6) is 0 Å². The van der Waals surface area contributed by atoms with E-state index in [0.717, 1.165) is 0 Å². The molecule has 0 N–H and O–H groups in total. The zero-order chi connectivity index (χ0) is 7.40. The van der Waals surface area contributed by atoms with Crippen LogP contribution in [0.25, 0.3) is 0 Å². The lowest BCUT2D eigenvalue weighted by molar-refractivity contribution is 0.252. The zero-order valence-electron chi connectivity index (χ0n) is 4.87. The molecule has 1 rings (SSSR count). The van der Waals surface area contributed by atoms with Gasteiger partial charge in [-0.25, -0.2) is 4.98 Å². The number of hydrogen-bond donors (Lipinski definition) is 0. The van der Waals surface area contributed by atoms with Gasteiger partial charge in [-0.3, -0.25) is 4.98 Å². The molecule has 0 aliphatic rings. The molecule has 0 fully saturated rings. The molecule has 54 valence electrons. The molecule has 0 spiro atoms. The van der Waals surface area contributed by atoms with E-state index < -0.39 is 5.76 Å². The fourth-order valence-electron chi connectivity index (χ4n) is 0.438. The van der Waals surface area contributed by atoms with Crippen molar-refractivity contribution in [2.45, 2.75) is 10.8 Å². The smallest absolute Gasteiger partial charge is 0.260 e. The van der Waals surface area contributed by atoms with E-state index >= 15 is 0 Å². The average molecular weight is 162 g/mol. The van der Waals surface area contributed by atoms with Crippen LogP contribution in [-0.2, 0) is 0 Å². The fourth-order valence-corrected chi connectivity index (χ4v) is 0.864. The van der Waals surface area contributed by atoms with Crippen LogP contribution in [0, 0.1) is 0 Å². The molecule has 1 aromatic heterocycles. The Kier molecular flexibility index (Phi) is 2.56. The summed E-state index contributed by atoms with van der Waals surface area (Å²) in [5, 5.41) is 0.248. The molecule has 1 heterocycles. The molecule has 10 heavy (non-hydrogen) atoms. The zero-order valence-corrected chi connectivity index (χ0v) is 5.68. The summed E-state index contributed by atoms with van der Waals surface area (Å²) in [6.45, 7) is 0. The monoisotopic (exact) mass is 162 g/mol. The van der Waals surface area contributed by atoms with Gasteiger partial charge in [0.15, 0.2) is 0 Å². The summed E-state index contributed by atoms with van der Waals surface area (Å²) >= 11 is 0.391. The van der Waals surface area contributed by atoms with Crippen LogP contribution < -0.4 is 0 Å². The molecular weight excluding hydrogens is 158 g/mol. The minimum atomic E-state index is -2.42. The Balaban J connectivity index is 2.59. The van der Waals surface area contributed by atoms with E-state index in [1.54, 1.807) is 0 Å². The van der Waals surface area contributed by atoms with Gasteiger partial charge < -0.3 is 0 Å². The van der Waals surface area contributed by atoms with E-state index in [1.165, 1.54) is 18.6 Å². The number of aromatic nitrogens is 2. The third kappa shape index (κ3) is 2.26. The molecule has 0 aliphatic heterocycles. The predicted molar refractivity (Wildman–Crippen MR) is 33.9 cm³/mol. The van der Waals surface area contributed by atoms with Gasteiger partial charge in [0.2, 0.25) is 0 Å². The summed E-state index contributed by atoms with van der Waals surface area (Å²) in [5.74, 6) is -2.42. The standard InChI is InChI=1S/C5H4F2N2S/c6-5(7)10-4-3-8-1-2-9-4/h1-3,5H. The topological polar surface area (TPSA) is 25.8 Å². The number of hydrogen-bond acceptors (Lipinski definition) is 3. The van der Waals surface area contributed by atoms with E-state index in [0.29, 0.717) is 11.8 Å². The van der Waals surface area contributed by atoms with E-state index in [9.17, 15) is 8.78 Å². The highest BCUT2D eigenvalue weighted by Crippen LogP contribution is 2.21. The molecule has 2 nitrogen and oxygen atoms in total. The SMILES string of the molecule is FC(F)Sc1cnccn1. The number of rotatable bonds is 2. The lowest BCUT2D eigenvalue weighted by atomic mass is 10.8. The molecule has 0 aliphatic carbocycles. The van der Waals surface area contributed by atoms with Crippen molar-refractivity contribution in [3.63, 3.8) is 0 Å². The van der Waals surface area contributed by atoms with Crippen molar-refractivity contribution in [2.75, 3.05) is 0 Å². The van der Waals surface area contributed by atoms with Crippen molar-refractivity contribution < 1.29 is 8.78 Å². The second kappa shape index (κ2) is 3.46. The molecule has 0 saturated carbocycles. The Morgan fingerprint density at radius 1 is 1.40 bits per heavy atom. The first kappa shape index (κ1) is 7.40. The number of halogens is 2. The van der Waals surface area contributed by atoms with Crippen molar-refractivity contribution in [3.05, 3.63) is 18.6 Å². The maximum absolute atomic E-state index is 11.6. The van der Waals surface area contributed by atoms with Crippen molar-refractivity contribution >= 4 is 11.8 Å². The fraction of sp³-hybridized carbons (Fsp3) is 0.200. The summed E-state index contributed by atoms with van der Waals surface area (Å²) in [6, 6.07) is 0. The Bertz CT molecular complexity index is 192. The van der Waals surface area contributed by atoms with Crippen LogP contribution >= 0.6 is 11.8 Å². The first-order chi connectivity index (χ1) is 4.79. The van der Waals surface area contributed by atoms with Crippen LogP contribution in [0.2, 0.25) is 0 Å². The molecule has 5 heteroatoms. The minimum Gasteiger partial charge on any atom is -0.260 e. The van der Waals surface area contributed by atoms with Gasteiger partial charge in [-0.05, 0) is 11.8 Å². The molecule has 0 saturated heterocycles. The van der Waals surface area contributed by atoms with Gasteiger partial charge in [0.1, 0.15) is 5.03 Å². The highest BCUT2D eigenvalue weighted by atomic mass is 32.2. The molecule has 0 amide bonds. The van der Waals surface area contributed by atoms with E-state index in [-0.39, 0.29) is 5.03 Å². The number of nitrogens with zero attached hydrogens (tertiary/aromatic N) is 2. The van der Waals surface area contributed by atoms with Crippen molar-refractivity contribution in [3.8, 4) is 0 Å². The van der Waals surface area contributed by atoms with Crippen molar-refractivity contribution in [1.29, 1.82) is 0 Å². The lowest BCUT2D eigenvalue weighted by Crippen LogP contribution is -1.85. The Morgan fingerprint density at radius 3 is 2.70 bits per heavy atom. The van der Waals surface area contributed by atoms with Crippen LogP contribution in [0.15, 0.2) is 23.6 Å². The van der Waals surface area contributed by atoms with Gasteiger partial charge >= 0.3 is 0 Å². The second-order valence-electron chi connectivity index (χ2n) is 1.42. The largest absolute Gasteiger partial charge is 0.290 e. The molecule has 1 aromatic rings. The molecule has 0 radical (unpaired) electrons. The van der Waals surface area contributed by atoms with Gasteiger partial charge in [-0.2, -0.15) is 8.78 Å². The maximum Gasteiger partial charge on any atom is 0.290 e. The van der Waals surface area contributed by atoms with Gasteiger partial charge in [0.05, 0.1) is 6.20 Å². The predicted octanol–water partition coefficient (Wildman–Crippen LogP) is 1.79. The van der Waals surface area contributed by atoms with Crippen molar-refractivity contribution in [2.24, 2.45) is 0 Å². The van der Waals surface area contributed by atoms with Gasteiger partial charge in [0, 0.05) is 12.4 Å². The summed E-state index contributed by atoms with van der Waals surface area (Å²) in [7, 11) is 0. The van der Waals surface area contributed by atoms with Gasteiger partial charge in [-0.1, -0.05) is 0 Å². The molecule has 0 atom stereocenters. The highest BCUT2D eigenvalue weighted by molar-refractivity contribution is 7.99. The Morgan fingerprint density at radius 2 is 2.20 bits per heavy atom. The number of thioether (sulfide) groups is 1. The van der Waals surface area contributed by atoms with E-state index in [2.05, 4.69) is 9.97 Å². The number of alkyl halides is 2. The lowest BCUT2D eigenvalue weighted by Gasteiger charge is -1.94. The average Bonchev–Trinajstić information content (AvgIpc) is 1.88. The third-order valence-corrected chi connectivity index (χ3v) is 1.38. The first-order valence-corrected chi connectivity index (χ1v) is 3.38. The van der Waals surface area contributed by atoms with Crippen LogP contribution in [-0.4, -0.2) is 15.7 Å². The van der Waals surface area contributed by atoms with E-state index in [1.807, 2.05) is 0 Å². The van der Waals surface area contributed by atoms with Crippen LogP contribution in [0.1, 0.15) is 0 Å². The van der Waals surface area contributed by atoms with Gasteiger partial charge in [-0.15, -0.1) is 0 Å². The first-order valence-electron chi connectivity index (χ1n) is 2.50. The molecule has 0 unspecified atom stereocenters. The minimum absolute atomic E-state index is 0.248. The summed E-state index contributed by atoms with van der Waals surface area (Å²) in [4.78, 5) is 7.26. The van der Waals surface area contributed by atoms with Crippen LogP contribution in [0.4, 0.5) is 8.78 Å². The normalized spacial score (nSPS) is 10.3.